The van der Waals surface area contributed by atoms with E-state index in [9.17, 15) is 9.59 Å². The van der Waals surface area contributed by atoms with Crippen molar-refractivity contribution in [3.63, 3.8) is 0 Å². The van der Waals surface area contributed by atoms with Gasteiger partial charge in [0.25, 0.3) is 5.91 Å². The summed E-state index contributed by atoms with van der Waals surface area (Å²) in [6, 6.07) is 8.98. The van der Waals surface area contributed by atoms with Gasteiger partial charge in [-0.15, -0.1) is 0 Å². The average Bonchev–Trinajstić information content (AvgIpc) is 2.65. The molecule has 0 aliphatic carbocycles. The molecule has 1 aliphatic heterocycles. The largest absolute Gasteiger partial charge is 0.367 e. The third-order valence-electron chi connectivity index (χ3n) is 4.59. The van der Waals surface area contributed by atoms with Gasteiger partial charge in [0.2, 0.25) is 5.91 Å². The number of carbonyl (C=O) groups excluding carboxylic acids is 2. The van der Waals surface area contributed by atoms with Gasteiger partial charge in [-0.05, 0) is 36.8 Å². The lowest BCUT2D eigenvalue weighted by atomic mass is 10.2. The van der Waals surface area contributed by atoms with E-state index in [-0.39, 0.29) is 11.8 Å². The first-order chi connectivity index (χ1) is 12.5. The SMILES string of the molecule is CC(=O)N1CCN(c2ccc(C(=O)Nc3cccc(Cl)c3C)nc2)CC1. The number of amides is 2. The Morgan fingerprint density at radius 1 is 1.12 bits per heavy atom. The minimum absolute atomic E-state index is 0.103. The molecule has 1 aromatic carbocycles. The lowest BCUT2D eigenvalue weighted by molar-refractivity contribution is -0.129. The Balaban J connectivity index is 1.65. The summed E-state index contributed by atoms with van der Waals surface area (Å²) in [4.78, 5) is 32.1. The van der Waals surface area contributed by atoms with Gasteiger partial charge in [-0.25, -0.2) is 4.98 Å². The van der Waals surface area contributed by atoms with Crippen LogP contribution in [0, 0.1) is 6.92 Å². The van der Waals surface area contributed by atoms with Crippen LogP contribution in [0.1, 0.15) is 23.0 Å². The maximum absolute atomic E-state index is 12.4. The van der Waals surface area contributed by atoms with Crippen LogP contribution < -0.4 is 10.2 Å². The molecule has 0 saturated carbocycles. The molecule has 3 rings (SSSR count). The summed E-state index contributed by atoms with van der Waals surface area (Å²) >= 11 is 6.08. The molecule has 1 saturated heterocycles. The molecule has 0 spiro atoms. The van der Waals surface area contributed by atoms with E-state index in [1.165, 1.54) is 0 Å². The number of piperazine rings is 1. The van der Waals surface area contributed by atoms with Gasteiger partial charge in [-0.3, -0.25) is 9.59 Å². The van der Waals surface area contributed by atoms with E-state index in [1.54, 1.807) is 31.3 Å². The molecule has 0 radical (unpaired) electrons. The fraction of sp³-hybridized carbons (Fsp3) is 0.316. The fourth-order valence-electron chi connectivity index (χ4n) is 2.92. The molecule has 1 aliphatic rings. The topological polar surface area (TPSA) is 65.5 Å². The minimum Gasteiger partial charge on any atom is -0.367 e. The van der Waals surface area contributed by atoms with E-state index in [1.807, 2.05) is 24.0 Å². The summed E-state index contributed by atoms with van der Waals surface area (Å²) in [6.45, 7) is 6.36. The molecule has 136 valence electrons. The van der Waals surface area contributed by atoms with Crippen molar-refractivity contribution in [2.24, 2.45) is 0 Å². The van der Waals surface area contributed by atoms with E-state index < -0.39 is 0 Å². The molecule has 0 unspecified atom stereocenters. The fourth-order valence-corrected chi connectivity index (χ4v) is 3.09. The van der Waals surface area contributed by atoms with Crippen LogP contribution in [-0.2, 0) is 4.79 Å². The van der Waals surface area contributed by atoms with Crippen LogP contribution in [0.2, 0.25) is 5.02 Å². The Morgan fingerprint density at radius 2 is 1.85 bits per heavy atom. The number of benzene rings is 1. The third-order valence-corrected chi connectivity index (χ3v) is 5.00. The molecule has 1 aromatic heterocycles. The number of nitrogens with zero attached hydrogens (tertiary/aromatic N) is 3. The van der Waals surface area contributed by atoms with Crippen molar-refractivity contribution in [2.75, 3.05) is 36.4 Å². The van der Waals surface area contributed by atoms with Gasteiger partial charge in [-0.2, -0.15) is 0 Å². The summed E-state index contributed by atoms with van der Waals surface area (Å²) in [5.41, 5.74) is 2.79. The van der Waals surface area contributed by atoms with Crippen molar-refractivity contribution >= 4 is 34.8 Å². The zero-order chi connectivity index (χ0) is 18.7. The summed E-state index contributed by atoms with van der Waals surface area (Å²) in [5.74, 6) is -0.172. The van der Waals surface area contributed by atoms with Gasteiger partial charge in [0.15, 0.2) is 0 Å². The molecular formula is C19H21ClN4O2. The number of anilines is 2. The first kappa shape index (κ1) is 18.2. The van der Waals surface area contributed by atoms with Gasteiger partial charge < -0.3 is 15.1 Å². The molecule has 2 amide bonds. The minimum atomic E-state index is -0.275. The summed E-state index contributed by atoms with van der Waals surface area (Å²) < 4.78 is 0. The standard InChI is InChI=1S/C19H21ClN4O2/c1-13-16(20)4-3-5-17(13)22-19(26)18-7-6-15(12-21-18)24-10-8-23(9-11-24)14(2)25/h3-7,12H,8-11H2,1-2H3,(H,22,26). The van der Waals surface area contributed by atoms with Crippen molar-refractivity contribution in [2.45, 2.75) is 13.8 Å². The second-order valence-corrected chi connectivity index (χ2v) is 6.67. The lowest BCUT2D eigenvalue weighted by Crippen LogP contribution is -2.48. The maximum Gasteiger partial charge on any atom is 0.274 e. The van der Waals surface area contributed by atoms with Crippen LogP contribution in [0.25, 0.3) is 0 Å². The molecule has 2 aromatic rings. The predicted octanol–water partition coefficient (Wildman–Crippen LogP) is 2.96. The van der Waals surface area contributed by atoms with Crippen LogP contribution >= 0.6 is 11.6 Å². The third kappa shape index (κ3) is 3.96. The Labute approximate surface area is 157 Å². The van der Waals surface area contributed by atoms with Crippen LogP contribution in [0.4, 0.5) is 11.4 Å². The zero-order valence-corrected chi connectivity index (χ0v) is 15.6. The van der Waals surface area contributed by atoms with Gasteiger partial charge in [0.1, 0.15) is 5.69 Å². The van der Waals surface area contributed by atoms with E-state index in [0.29, 0.717) is 29.5 Å². The van der Waals surface area contributed by atoms with E-state index in [2.05, 4.69) is 15.2 Å². The van der Waals surface area contributed by atoms with E-state index in [0.717, 1.165) is 24.3 Å². The van der Waals surface area contributed by atoms with Crippen LogP contribution in [-0.4, -0.2) is 47.9 Å². The van der Waals surface area contributed by atoms with Crippen molar-refractivity contribution < 1.29 is 9.59 Å². The highest BCUT2D eigenvalue weighted by molar-refractivity contribution is 6.31. The van der Waals surface area contributed by atoms with Crippen molar-refractivity contribution in [3.05, 3.63) is 52.8 Å². The van der Waals surface area contributed by atoms with Gasteiger partial charge in [0, 0.05) is 43.8 Å². The lowest BCUT2D eigenvalue weighted by Gasteiger charge is -2.35. The second kappa shape index (κ2) is 7.74. The first-order valence-electron chi connectivity index (χ1n) is 8.48. The number of rotatable bonds is 3. The van der Waals surface area contributed by atoms with E-state index in [4.69, 9.17) is 11.6 Å². The predicted molar refractivity (Wildman–Crippen MR) is 103 cm³/mol. The molecule has 0 bridgehead atoms. The molecule has 1 fully saturated rings. The highest BCUT2D eigenvalue weighted by atomic mass is 35.5. The summed E-state index contributed by atoms with van der Waals surface area (Å²) in [7, 11) is 0. The molecule has 7 heteroatoms. The quantitative estimate of drug-likeness (QED) is 0.899. The number of pyridine rings is 1. The number of halogens is 1. The van der Waals surface area contributed by atoms with Crippen molar-refractivity contribution in [3.8, 4) is 0 Å². The number of aromatic nitrogens is 1. The first-order valence-corrected chi connectivity index (χ1v) is 8.86. The van der Waals surface area contributed by atoms with Crippen molar-refractivity contribution in [1.29, 1.82) is 0 Å². The van der Waals surface area contributed by atoms with E-state index >= 15 is 0 Å². The maximum atomic E-state index is 12.4. The smallest absolute Gasteiger partial charge is 0.274 e. The molecule has 1 N–H and O–H groups in total. The normalized spacial score (nSPS) is 14.3. The molecule has 2 heterocycles. The molecule has 26 heavy (non-hydrogen) atoms. The van der Waals surface area contributed by atoms with Gasteiger partial charge in [0.05, 0.1) is 11.9 Å². The highest BCUT2D eigenvalue weighted by Gasteiger charge is 2.19. The Morgan fingerprint density at radius 3 is 2.46 bits per heavy atom. The number of carbonyl (C=O) groups is 2. The van der Waals surface area contributed by atoms with Gasteiger partial charge >= 0.3 is 0 Å². The Kier molecular flexibility index (Phi) is 5.42. The average molecular weight is 373 g/mol. The van der Waals surface area contributed by atoms with Crippen LogP contribution in [0.5, 0.6) is 0 Å². The summed E-state index contributed by atoms with van der Waals surface area (Å²) in [5, 5.41) is 3.45. The Bertz CT molecular complexity index is 815. The zero-order valence-electron chi connectivity index (χ0n) is 14.8. The number of hydrogen-bond donors (Lipinski definition) is 1. The van der Waals surface area contributed by atoms with Crippen LogP contribution in [0.3, 0.4) is 0 Å². The molecule has 0 atom stereocenters. The van der Waals surface area contributed by atoms with Crippen LogP contribution in [0.15, 0.2) is 36.5 Å². The highest BCUT2D eigenvalue weighted by Crippen LogP contribution is 2.23. The summed E-state index contributed by atoms with van der Waals surface area (Å²) in [6.07, 6.45) is 1.70. The second-order valence-electron chi connectivity index (χ2n) is 6.26. The van der Waals surface area contributed by atoms with Crippen molar-refractivity contribution in [1.82, 2.24) is 9.88 Å². The molecular weight excluding hydrogens is 352 g/mol. The number of hydrogen-bond acceptors (Lipinski definition) is 4. The molecule has 6 nitrogen and oxygen atoms in total. The Hall–Kier alpha value is -2.60. The number of nitrogens with one attached hydrogen (secondary N) is 1. The van der Waals surface area contributed by atoms with Gasteiger partial charge in [-0.1, -0.05) is 17.7 Å². The monoisotopic (exact) mass is 372 g/mol.